The maximum atomic E-state index is 12.1. The van der Waals surface area contributed by atoms with E-state index in [4.69, 9.17) is 0 Å². The minimum absolute atomic E-state index is 0.0878. The van der Waals surface area contributed by atoms with Crippen molar-refractivity contribution in [2.45, 2.75) is 38.5 Å². The number of rotatable bonds is 5. The second-order valence-electron chi connectivity index (χ2n) is 5.08. The molecule has 4 nitrogen and oxygen atoms in total. The monoisotopic (exact) mass is 293 g/mol. The highest BCUT2D eigenvalue weighted by Crippen LogP contribution is 2.29. The highest BCUT2D eigenvalue weighted by atomic mass is 32.2. The lowest BCUT2D eigenvalue weighted by atomic mass is 9.99. The molecule has 0 saturated carbocycles. The summed E-state index contributed by atoms with van der Waals surface area (Å²) in [5.41, 5.74) is 0.488. The van der Waals surface area contributed by atoms with Gasteiger partial charge in [0.05, 0.1) is 0 Å². The topological polar surface area (TPSA) is 63.2 Å². The second kappa shape index (κ2) is 6.70. The van der Waals surface area contributed by atoms with E-state index in [1.807, 2.05) is 6.07 Å². The van der Waals surface area contributed by atoms with Crippen LogP contribution in [0.1, 0.15) is 38.1 Å². The summed E-state index contributed by atoms with van der Waals surface area (Å²) in [6, 6.07) is 7.97. The van der Waals surface area contributed by atoms with Gasteiger partial charge in [0.2, 0.25) is 0 Å². The largest absolute Gasteiger partial charge is 0.341 e. The molecule has 0 bridgehead atoms. The molecule has 20 heavy (non-hydrogen) atoms. The maximum Gasteiger partial charge on any atom is 0.251 e. The molecule has 0 spiro atoms. The van der Waals surface area contributed by atoms with Gasteiger partial charge in [-0.05, 0) is 32.9 Å². The molecule has 0 heterocycles. The molecule has 0 fully saturated rings. The summed E-state index contributed by atoms with van der Waals surface area (Å²) in [6.45, 7) is 6.41. The fourth-order valence-electron chi connectivity index (χ4n) is 2.00. The van der Waals surface area contributed by atoms with Crippen molar-refractivity contribution in [1.82, 2.24) is 5.32 Å². The molecule has 5 heteroatoms. The van der Waals surface area contributed by atoms with Gasteiger partial charge in [-0.15, -0.1) is 0 Å². The van der Waals surface area contributed by atoms with Crippen LogP contribution in [-0.4, -0.2) is 27.6 Å². The Morgan fingerprint density at radius 3 is 2.10 bits per heavy atom. The zero-order valence-electron chi connectivity index (χ0n) is 12.1. The average molecular weight is 293 g/mol. The summed E-state index contributed by atoms with van der Waals surface area (Å²) in [4.78, 5) is 35.2. The number of benzene rings is 1. The highest BCUT2D eigenvalue weighted by molar-refractivity contribution is 8.14. The molecule has 0 aliphatic heterocycles. The molecule has 1 amide bonds. The van der Waals surface area contributed by atoms with E-state index in [1.165, 1.54) is 13.8 Å². The number of nitrogens with one attached hydrogen (secondary N) is 1. The first-order valence-corrected chi connectivity index (χ1v) is 7.11. The number of Topliss-reactive ketones (excluding diaryl/α,β-unsaturated/α-hetero) is 1. The Hall–Kier alpha value is -1.62. The van der Waals surface area contributed by atoms with Crippen molar-refractivity contribution in [3.8, 4) is 0 Å². The van der Waals surface area contributed by atoms with Crippen molar-refractivity contribution in [3.63, 3.8) is 0 Å². The Bertz CT molecular complexity index is 511. The number of carbonyl (C=O) groups excluding carboxylic acids is 3. The highest BCUT2D eigenvalue weighted by Gasteiger charge is 2.36. The SMILES string of the molecule is CC(=O)SC(C)(C)[C@@H](NC(=O)c1ccccc1)C(C)=O. The molecule has 0 saturated heterocycles. The molecule has 1 aromatic carbocycles. The van der Waals surface area contributed by atoms with Gasteiger partial charge in [0.1, 0.15) is 6.04 Å². The van der Waals surface area contributed by atoms with Gasteiger partial charge in [0.15, 0.2) is 10.9 Å². The average Bonchev–Trinajstić information content (AvgIpc) is 2.34. The summed E-state index contributed by atoms with van der Waals surface area (Å²) in [7, 11) is 0. The van der Waals surface area contributed by atoms with Crippen LogP contribution in [0.5, 0.6) is 0 Å². The first-order chi connectivity index (χ1) is 9.24. The van der Waals surface area contributed by atoms with Gasteiger partial charge in [-0.3, -0.25) is 14.4 Å². The number of thioether (sulfide) groups is 1. The molecule has 1 N–H and O–H groups in total. The summed E-state index contributed by atoms with van der Waals surface area (Å²) in [5, 5.41) is 2.63. The predicted molar refractivity (Wildman–Crippen MR) is 80.7 cm³/mol. The van der Waals surface area contributed by atoms with E-state index in [1.54, 1.807) is 38.1 Å². The Labute approximate surface area is 123 Å². The number of carbonyl (C=O) groups is 3. The summed E-state index contributed by atoms with van der Waals surface area (Å²) < 4.78 is -0.692. The standard InChI is InChI=1S/C15H19NO3S/c1-10(17)13(15(3,4)20-11(2)18)16-14(19)12-8-6-5-7-9-12/h5-9,13H,1-4H3,(H,16,19)/t13-/m0/s1. The molecule has 0 aromatic heterocycles. The van der Waals surface area contributed by atoms with Gasteiger partial charge in [0, 0.05) is 17.2 Å². The Balaban J connectivity index is 2.91. The minimum atomic E-state index is -0.718. The van der Waals surface area contributed by atoms with E-state index >= 15 is 0 Å². The van der Waals surface area contributed by atoms with E-state index < -0.39 is 10.8 Å². The van der Waals surface area contributed by atoms with Crippen molar-refractivity contribution < 1.29 is 14.4 Å². The van der Waals surface area contributed by atoms with E-state index in [0.717, 1.165) is 11.8 Å². The number of ketones is 1. The molecule has 0 unspecified atom stereocenters. The third-order valence-electron chi connectivity index (χ3n) is 2.82. The number of hydrogen-bond donors (Lipinski definition) is 1. The van der Waals surface area contributed by atoms with E-state index in [0.29, 0.717) is 5.56 Å². The van der Waals surface area contributed by atoms with Crippen molar-refractivity contribution in [2.75, 3.05) is 0 Å². The van der Waals surface area contributed by atoms with Crippen LogP contribution in [0.25, 0.3) is 0 Å². The molecule has 0 aliphatic rings. The van der Waals surface area contributed by atoms with E-state index in [2.05, 4.69) is 5.32 Å². The summed E-state index contributed by atoms with van der Waals surface area (Å²) >= 11 is 1.06. The zero-order chi connectivity index (χ0) is 15.3. The van der Waals surface area contributed by atoms with E-state index in [-0.39, 0.29) is 16.8 Å². The Morgan fingerprint density at radius 1 is 1.10 bits per heavy atom. The van der Waals surface area contributed by atoms with Crippen LogP contribution in [0.4, 0.5) is 0 Å². The molecular weight excluding hydrogens is 274 g/mol. The molecule has 1 rings (SSSR count). The van der Waals surface area contributed by atoms with Gasteiger partial charge in [-0.2, -0.15) is 0 Å². The normalized spacial score (nSPS) is 12.6. The first kappa shape index (κ1) is 16.4. The summed E-state index contributed by atoms with van der Waals surface area (Å²) in [6.07, 6.45) is 0. The number of hydrogen-bond acceptors (Lipinski definition) is 4. The van der Waals surface area contributed by atoms with Crippen LogP contribution in [0.2, 0.25) is 0 Å². The van der Waals surface area contributed by atoms with Gasteiger partial charge in [0.25, 0.3) is 5.91 Å². The first-order valence-electron chi connectivity index (χ1n) is 6.30. The smallest absolute Gasteiger partial charge is 0.251 e. The third-order valence-corrected chi connectivity index (χ3v) is 3.87. The lowest BCUT2D eigenvalue weighted by Gasteiger charge is -2.31. The van der Waals surface area contributed by atoms with Crippen molar-refractivity contribution in [2.24, 2.45) is 0 Å². The van der Waals surface area contributed by atoms with Crippen molar-refractivity contribution >= 4 is 28.6 Å². The quantitative estimate of drug-likeness (QED) is 0.905. The molecule has 0 aliphatic carbocycles. The van der Waals surface area contributed by atoms with Crippen LogP contribution >= 0.6 is 11.8 Å². The molecule has 1 aromatic rings. The lowest BCUT2D eigenvalue weighted by Crippen LogP contribution is -2.52. The maximum absolute atomic E-state index is 12.1. The van der Waals surface area contributed by atoms with Gasteiger partial charge in [-0.25, -0.2) is 0 Å². The van der Waals surface area contributed by atoms with E-state index in [9.17, 15) is 14.4 Å². The minimum Gasteiger partial charge on any atom is -0.341 e. The van der Waals surface area contributed by atoms with Gasteiger partial charge in [-0.1, -0.05) is 30.0 Å². The fourth-order valence-corrected chi connectivity index (χ4v) is 3.08. The molecular formula is C15H19NO3S. The lowest BCUT2D eigenvalue weighted by molar-refractivity contribution is -0.119. The van der Waals surface area contributed by atoms with Gasteiger partial charge >= 0.3 is 0 Å². The van der Waals surface area contributed by atoms with Crippen molar-refractivity contribution in [3.05, 3.63) is 35.9 Å². The fraction of sp³-hybridized carbons (Fsp3) is 0.400. The third kappa shape index (κ3) is 4.49. The van der Waals surface area contributed by atoms with Crippen LogP contribution in [0.3, 0.4) is 0 Å². The zero-order valence-corrected chi connectivity index (χ0v) is 12.9. The molecule has 0 radical (unpaired) electrons. The Kier molecular flexibility index (Phi) is 5.51. The van der Waals surface area contributed by atoms with Crippen LogP contribution in [0.15, 0.2) is 30.3 Å². The second-order valence-corrected chi connectivity index (χ2v) is 6.91. The van der Waals surface area contributed by atoms with Crippen LogP contribution in [-0.2, 0) is 9.59 Å². The predicted octanol–water partition coefficient (Wildman–Crippen LogP) is 2.43. The van der Waals surface area contributed by atoms with Crippen molar-refractivity contribution in [1.29, 1.82) is 0 Å². The Morgan fingerprint density at radius 2 is 1.65 bits per heavy atom. The summed E-state index contributed by atoms with van der Waals surface area (Å²) in [5.74, 6) is -0.490. The van der Waals surface area contributed by atoms with Crippen LogP contribution < -0.4 is 5.32 Å². The van der Waals surface area contributed by atoms with Gasteiger partial charge < -0.3 is 5.32 Å². The molecule has 1 atom stereocenters. The number of amides is 1. The molecule has 108 valence electrons. The van der Waals surface area contributed by atoms with Crippen LogP contribution in [0, 0.1) is 0 Å².